The molecule has 1 N–H and O–H groups in total. The molecule has 1 unspecified atom stereocenters. The van der Waals surface area contributed by atoms with Crippen molar-refractivity contribution in [3.05, 3.63) is 0 Å². The van der Waals surface area contributed by atoms with Crippen LogP contribution in [-0.2, 0) is 4.79 Å². The van der Waals surface area contributed by atoms with E-state index >= 15 is 0 Å². The van der Waals surface area contributed by atoms with Gasteiger partial charge in [0.1, 0.15) is 6.29 Å². The number of carbonyl (C=O) groups excluding carboxylic acids is 1. The fourth-order valence-electron chi connectivity index (χ4n) is 1.18. The Balaban J connectivity index is 2.46. The summed E-state index contributed by atoms with van der Waals surface area (Å²) in [6, 6.07) is 0. The number of nitrogens with one attached hydrogen (secondary N) is 1. The van der Waals surface area contributed by atoms with Crippen LogP contribution in [0.15, 0.2) is 0 Å². The monoisotopic (exact) mass is 127 g/mol. The van der Waals surface area contributed by atoms with Crippen LogP contribution in [0.3, 0.4) is 0 Å². The van der Waals surface area contributed by atoms with Crippen molar-refractivity contribution >= 4 is 6.29 Å². The third-order valence-corrected chi connectivity index (χ3v) is 1.91. The summed E-state index contributed by atoms with van der Waals surface area (Å²) in [6.45, 7) is 3.94. The summed E-state index contributed by atoms with van der Waals surface area (Å²) >= 11 is 0. The van der Waals surface area contributed by atoms with E-state index < -0.39 is 0 Å². The molecule has 1 saturated heterocycles. The molecule has 1 atom stereocenters. The molecule has 1 fully saturated rings. The molecule has 1 aliphatic rings. The highest BCUT2D eigenvalue weighted by atomic mass is 16.1. The van der Waals surface area contributed by atoms with E-state index in [-0.39, 0.29) is 5.41 Å². The average Bonchev–Trinajstić information content (AvgIpc) is 1.90. The van der Waals surface area contributed by atoms with Gasteiger partial charge in [-0.2, -0.15) is 0 Å². The topological polar surface area (TPSA) is 29.1 Å². The lowest BCUT2D eigenvalue weighted by Gasteiger charge is -2.27. The van der Waals surface area contributed by atoms with Crippen molar-refractivity contribution < 1.29 is 4.79 Å². The number of hydrogen-bond acceptors (Lipinski definition) is 2. The zero-order chi connectivity index (χ0) is 6.74. The molecule has 52 valence electrons. The van der Waals surface area contributed by atoms with Gasteiger partial charge in [0.2, 0.25) is 0 Å². The lowest BCUT2D eigenvalue weighted by molar-refractivity contribution is -0.116. The Bertz CT molecular complexity index is 105. The summed E-state index contributed by atoms with van der Waals surface area (Å²) in [4.78, 5) is 10.4. The maximum atomic E-state index is 10.4. The Hall–Kier alpha value is -0.370. The van der Waals surface area contributed by atoms with Crippen LogP contribution in [-0.4, -0.2) is 19.4 Å². The Morgan fingerprint density at radius 2 is 2.44 bits per heavy atom. The van der Waals surface area contributed by atoms with Gasteiger partial charge in [0.15, 0.2) is 0 Å². The van der Waals surface area contributed by atoms with E-state index in [1.807, 2.05) is 6.92 Å². The summed E-state index contributed by atoms with van der Waals surface area (Å²) in [5.41, 5.74) is -0.0712. The largest absolute Gasteiger partial charge is 0.316 e. The number of piperidine rings is 1. The van der Waals surface area contributed by atoms with Crippen molar-refractivity contribution in [2.24, 2.45) is 5.41 Å². The number of hydrogen-bond donors (Lipinski definition) is 1. The quantitative estimate of drug-likeness (QED) is 0.522. The molecule has 0 aromatic heterocycles. The van der Waals surface area contributed by atoms with Crippen LogP contribution in [0.25, 0.3) is 0 Å². The van der Waals surface area contributed by atoms with Gasteiger partial charge >= 0.3 is 0 Å². The summed E-state index contributed by atoms with van der Waals surface area (Å²) in [6.07, 6.45) is 3.25. The van der Waals surface area contributed by atoms with Crippen LogP contribution >= 0.6 is 0 Å². The zero-order valence-corrected chi connectivity index (χ0v) is 5.81. The summed E-state index contributed by atoms with van der Waals surface area (Å²) in [5.74, 6) is 0. The van der Waals surface area contributed by atoms with Crippen LogP contribution in [0.2, 0.25) is 0 Å². The molecule has 0 amide bonds. The van der Waals surface area contributed by atoms with Gasteiger partial charge in [-0.3, -0.25) is 0 Å². The molecule has 9 heavy (non-hydrogen) atoms. The van der Waals surface area contributed by atoms with Gasteiger partial charge in [-0.1, -0.05) is 6.92 Å². The fraction of sp³-hybridized carbons (Fsp3) is 0.857. The van der Waals surface area contributed by atoms with Gasteiger partial charge in [-0.25, -0.2) is 0 Å². The van der Waals surface area contributed by atoms with Crippen molar-refractivity contribution in [1.82, 2.24) is 5.32 Å². The van der Waals surface area contributed by atoms with E-state index in [1.54, 1.807) is 0 Å². The molecule has 2 nitrogen and oxygen atoms in total. The first-order valence-corrected chi connectivity index (χ1v) is 3.44. The van der Waals surface area contributed by atoms with Gasteiger partial charge in [0, 0.05) is 12.0 Å². The molecule has 2 heteroatoms. The Morgan fingerprint density at radius 1 is 1.67 bits per heavy atom. The first-order valence-electron chi connectivity index (χ1n) is 3.44. The number of carbonyl (C=O) groups is 1. The molecule has 0 aromatic carbocycles. The van der Waals surface area contributed by atoms with Crippen molar-refractivity contribution in [2.75, 3.05) is 13.1 Å². The predicted octanol–water partition coefficient (Wildman–Crippen LogP) is 0.575. The second-order valence-electron chi connectivity index (χ2n) is 3.05. The SMILES string of the molecule is CC1(C=O)CCCNC1. The van der Waals surface area contributed by atoms with Crippen molar-refractivity contribution in [2.45, 2.75) is 19.8 Å². The predicted molar refractivity (Wildman–Crippen MR) is 36.3 cm³/mol. The molecule has 0 spiro atoms. The molecular weight excluding hydrogens is 114 g/mol. The Kier molecular flexibility index (Phi) is 1.86. The van der Waals surface area contributed by atoms with Gasteiger partial charge in [-0.05, 0) is 19.4 Å². The van der Waals surface area contributed by atoms with Gasteiger partial charge in [0.05, 0.1) is 0 Å². The van der Waals surface area contributed by atoms with Crippen LogP contribution in [0, 0.1) is 5.41 Å². The van der Waals surface area contributed by atoms with Crippen LogP contribution in [0.4, 0.5) is 0 Å². The molecule has 1 heterocycles. The van der Waals surface area contributed by atoms with Gasteiger partial charge in [0.25, 0.3) is 0 Å². The highest BCUT2D eigenvalue weighted by molar-refractivity contribution is 5.59. The third kappa shape index (κ3) is 1.52. The summed E-state index contributed by atoms with van der Waals surface area (Å²) in [5, 5.41) is 3.20. The number of rotatable bonds is 1. The van der Waals surface area contributed by atoms with Crippen molar-refractivity contribution in [3.63, 3.8) is 0 Å². The first kappa shape index (κ1) is 6.75. The minimum absolute atomic E-state index is 0.0712. The lowest BCUT2D eigenvalue weighted by atomic mass is 9.85. The van der Waals surface area contributed by atoms with E-state index in [9.17, 15) is 4.79 Å². The molecule has 0 aliphatic carbocycles. The van der Waals surface area contributed by atoms with Gasteiger partial charge in [-0.15, -0.1) is 0 Å². The average molecular weight is 127 g/mol. The maximum Gasteiger partial charge on any atom is 0.127 e. The second-order valence-corrected chi connectivity index (χ2v) is 3.05. The minimum Gasteiger partial charge on any atom is -0.316 e. The molecule has 0 bridgehead atoms. The normalized spacial score (nSPS) is 36.1. The maximum absolute atomic E-state index is 10.4. The van der Waals surface area contributed by atoms with E-state index in [2.05, 4.69) is 5.32 Å². The highest BCUT2D eigenvalue weighted by Gasteiger charge is 2.25. The molecular formula is C7H13NO. The molecule has 1 rings (SSSR count). The van der Waals surface area contributed by atoms with Gasteiger partial charge < -0.3 is 10.1 Å². The van der Waals surface area contributed by atoms with E-state index in [0.29, 0.717) is 0 Å². The van der Waals surface area contributed by atoms with E-state index in [1.165, 1.54) is 0 Å². The summed E-state index contributed by atoms with van der Waals surface area (Å²) in [7, 11) is 0. The van der Waals surface area contributed by atoms with E-state index in [0.717, 1.165) is 32.2 Å². The zero-order valence-electron chi connectivity index (χ0n) is 5.81. The molecule has 0 aromatic rings. The smallest absolute Gasteiger partial charge is 0.127 e. The second kappa shape index (κ2) is 2.48. The molecule has 1 aliphatic heterocycles. The fourth-order valence-corrected chi connectivity index (χ4v) is 1.18. The standard InChI is InChI=1S/C7H13NO/c1-7(6-9)3-2-4-8-5-7/h6,8H,2-5H2,1H3. The minimum atomic E-state index is -0.0712. The van der Waals surface area contributed by atoms with Crippen LogP contribution in [0.5, 0.6) is 0 Å². The van der Waals surface area contributed by atoms with Crippen molar-refractivity contribution in [3.8, 4) is 0 Å². The number of aldehydes is 1. The van der Waals surface area contributed by atoms with Crippen LogP contribution < -0.4 is 5.32 Å². The molecule has 0 saturated carbocycles. The summed E-state index contributed by atoms with van der Waals surface area (Å²) < 4.78 is 0. The Morgan fingerprint density at radius 3 is 2.78 bits per heavy atom. The van der Waals surface area contributed by atoms with Crippen LogP contribution in [0.1, 0.15) is 19.8 Å². The molecule has 0 radical (unpaired) electrons. The highest BCUT2D eigenvalue weighted by Crippen LogP contribution is 2.21. The first-order chi connectivity index (χ1) is 4.27. The third-order valence-electron chi connectivity index (χ3n) is 1.91. The Labute approximate surface area is 55.6 Å². The van der Waals surface area contributed by atoms with Crippen molar-refractivity contribution in [1.29, 1.82) is 0 Å². The lowest BCUT2D eigenvalue weighted by Crippen LogP contribution is -2.38. The van der Waals surface area contributed by atoms with E-state index in [4.69, 9.17) is 0 Å².